The number of aromatic nitrogens is 1. The van der Waals surface area contributed by atoms with E-state index in [9.17, 15) is 13.8 Å². The van der Waals surface area contributed by atoms with Crippen LogP contribution < -0.4 is 0 Å². The SMILES string of the molecule is C.C.C=S1(=O)CCC(CC(C)(C)C)C1.CC(C)(C)CCCSc1ccccc1.CC(C)(C)CCCSc1ccccc1.CC(C)(C)CCc1ccsn1.CCCCSC.CCCCSCC(=O)OCC.CCCCSCC(C)=O.CSCC(C)CC(C)(C)C.CSCCCCC(C)(C)C. The Kier molecular flexibility index (Phi) is 78.6. The third-order valence-corrected chi connectivity index (χ3v) is 23.2. The minimum Gasteiger partial charge on any atom is -0.465 e. The summed E-state index contributed by atoms with van der Waals surface area (Å²) in [6, 6.07) is 23.4. The second-order valence-electron chi connectivity index (χ2n) is 33.0. The van der Waals surface area contributed by atoms with E-state index in [1.165, 1.54) is 147 Å². The minimum absolute atomic E-state index is 0. The standard InChI is InChI=1S/2C13H20S.C10H20OS.C9H15NS.2C9H20S.C8H16O2S.C7H14OS.C5H12S.2CH4/c2*1-13(2,3)10-7-11-14-12-8-5-4-6-9-12;1-10(2,3)7-9-5-6-12(4,11)8-9;1-9(2,3)6-4-8-5-7-11-10-8;1-8(7-10-5)6-9(2,3)4;1-9(2,3)7-5-6-8-10-4;1-3-5-6-11-7-8(9)10-4-2;1-3-4-5-9-6-7(2)8;1-3-4-5-6-2;;/h2*4-6,8-9H,7,10-11H2,1-3H3;9H,4-8H2,1-3H3;5,7H,4,6H2,1-3H3;8H,6-7H2,1-5H3;5-8H2,1-4H3;3-7H2,1-2H3;3-6H2,1-2H3;3-5H2,1-2H3;2*1H4. The number of carbonyl (C=O) groups is 2. The number of esters is 1. The zero-order valence-corrected chi connectivity index (χ0v) is 75.6. The molecule has 5 nitrogen and oxygen atoms in total. The van der Waals surface area contributed by atoms with Crippen LogP contribution in [0.2, 0.25) is 0 Å². The Balaban J connectivity index is -0.000000193. The Morgan fingerprint density at radius 1 is 0.556 bits per heavy atom. The lowest BCUT2D eigenvalue weighted by molar-refractivity contribution is -0.139. The van der Waals surface area contributed by atoms with Crippen molar-refractivity contribution in [1.82, 2.24) is 4.37 Å². The minimum atomic E-state index is -1.67. The van der Waals surface area contributed by atoms with Gasteiger partial charge in [0, 0.05) is 26.7 Å². The van der Waals surface area contributed by atoms with Crippen LogP contribution in [0.5, 0.6) is 0 Å². The molecule has 0 bridgehead atoms. The molecule has 0 radical (unpaired) electrons. The van der Waals surface area contributed by atoms with E-state index in [-0.39, 0.29) is 26.6 Å². The topological polar surface area (TPSA) is 73.3 Å². The molecule has 1 aliphatic rings. The van der Waals surface area contributed by atoms with Crippen molar-refractivity contribution in [3.05, 3.63) is 77.8 Å². The smallest absolute Gasteiger partial charge is 0.315 e. The van der Waals surface area contributed by atoms with E-state index in [0.29, 0.717) is 56.5 Å². The lowest BCUT2D eigenvalue weighted by Gasteiger charge is -2.22. The number of carbonyl (C=O) groups excluding carboxylic acids is 2. The highest BCUT2D eigenvalue weighted by Gasteiger charge is 2.27. The third-order valence-electron chi connectivity index (χ3n) is 13.9. The number of rotatable bonds is 32. The summed E-state index contributed by atoms with van der Waals surface area (Å²) in [7, 11) is -1.67. The maximum absolute atomic E-state index is 11.6. The van der Waals surface area contributed by atoms with Crippen molar-refractivity contribution in [2.45, 2.75) is 306 Å². The number of unbranched alkanes of at least 4 members (excludes halogenated alkanes) is 4. The second-order valence-corrected chi connectivity index (χ2v) is 43.7. The van der Waals surface area contributed by atoms with Gasteiger partial charge in [-0.25, -0.2) is 0 Å². The zero-order chi connectivity index (χ0) is 75.3. The molecule has 14 heteroatoms. The molecular formula is C85H165NO4S9. The fourth-order valence-corrected chi connectivity index (χ4v) is 17.1. The predicted octanol–water partition coefficient (Wildman–Crippen LogP) is 29.1. The third kappa shape index (κ3) is 102. The van der Waals surface area contributed by atoms with Crippen LogP contribution in [0, 0.1) is 44.3 Å². The maximum atomic E-state index is 11.6. The molecule has 0 N–H and O–H groups in total. The van der Waals surface area contributed by atoms with Gasteiger partial charge in [0.25, 0.3) is 0 Å². The van der Waals surface area contributed by atoms with E-state index >= 15 is 0 Å². The Bertz CT molecular complexity index is 2190. The molecule has 4 rings (SSSR count). The number of ether oxygens (including phenoxy) is 1. The van der Waals surface area contributed by atoms with E-state index in [0.717, 1.165) is 41.8 Å². The van der Waals surface area contributed by atoms with E-state index in [4.69, 9.17) is 4.74 Å². The lowest BCUT2D eigenvalue weighted by Crippen LogP contribution is -2.14. The van der Waals surface area contributed by atoms with Crippen molar-refractivity contribution in [2.24, 2.45) is 44.3 Å². The molecule has 1 aliphatic heterocycles. The summed E-state index contributed by atoms with van der Waals surface area (Å²) in [6.45, 7) is 54.0. The van der Waals surface area contributed by atoms with Gasteiger partial charge in [0.15, 0.2) is 0 Å². The summed E-state index contributed by atoms with van der Waals surface area (Å²) in [5, 5.41) is 2.04. The van der Waals surface area contributed by atoms with Crippen LogP contribution in [0.25, 0.3) is 0 Å². The van der Waals surface area contributed by atoms with Gasteiger partial charge >= 0.3 is 5.97 Å². The fraction of sp³-hybridized carbons (Fsp3) is 0.788. The van der Waals surface area contributed by atoms with Crippen molar-refractivity contribution >= 4 is 121 Å². The predicted molar refractivity (Wildman–Crippen MR) is 481 cm³/mol. The van der Waals surface area contributed by atoms with Gasteiger partial charge in [-0.2, -0.15) is 63.2 Å². The summed E-state index contributed by atoms with van der Waals surface area (Å²) < 4.78 is 20.6. The number of hydrogen-bond acceptors (Lipinski definition) is 13. The molecule has 99 heavy (non-hydrogen) atoms. The largest absolute Gasteiger partial charge is 0.465 e. The monoisotopic (exact) mass is 1550 g/mol. The molecule has 3 aromatic rings. The van der Waals surface area contributed by atoms with Gasteiger partial charge in [-0.05, 0) is 264 Å². The summed E-state index contributed by atoms with van der Waals surface area (Å²) in [6.07, 6.45) is 29.4. The second kappa shape index (κ2) is 69.4. The van der Waals surface area contributed by atoms with Crippen LogP contribution in [-0.4, -0.2) is 115 Å². The van der Waals surface area contributed by atoms with E-state index in [2.05, 4.69) is 248 Å². The van der Waals surface area contributed by atoms with E-state index < -0.39 is 9.52 Å². The average molecular weight is 1550 g/mol. The Labute approximate surface area is 655 Å². The maximum Gasteiger partial charge on any atom is 0.315 e. The normalized spacial score (nSPS) is 14.4. The van der Waals surface area contributed by atoms with E-state index in [1.807, 2.05) is 71.1 Å². The van der Waals surface area contributed by atoms with Crippen LogP contribution >= 0.6 is 93.9 Å². The number of nitrogens with zero attached hydrogens (tertiary/aromatic N) is 1. The van der Waals surface area contributed by atoms with Crippen molar-refractivity contribution in [3.63, 3.8) is 0 Å². The van der Waals surface area contributed by atoms with Gasteiger partial charge in [0.05, 0.1) is 23.8 Å². The van der Waals surface area contributed by atoms with Gasteiger partial charge in [-0.3, -0.25) is 13.8 Å². The summed E-state index contributed by atoms with van der Waals surface area (Å²) in [5.41, 5.74) is 4.07. The van der Waals surface area contributed by atoms with Crippen LogP contribution in [0.1, 0.15) is 296 Å². The molecule has 588 valence electrons. The number of Topliss-reactive ketones (excluding diaryl/α,β-unsaturated/α-hetero) is 1. The first-order chi connectivity index (χ1) is 45.0. The number of thioether (sulfide) groups is 7. The number of hydrogen-bond donors (Lipinski definition) is 0. The van der Waals surface area contributed by atoms with Crippen LogP contribution in [0.3, 0.4) is 0 Å². The Morgan fingerprint density at radius 2 is 0.980 bits per heavy atom. The van der Waals surface area contributed by atoms with Gasteiger partial charge in [-0.1, -0.05) is 229 Å². The molecule has 3 atom stereocenters. The average Bonchev–Trinajstić information content (AvgIpc) is 1.72. The zero-order valence-electron chi connectivity index (χ0n) is 68.3. The van der Waals surface area contributed by atoms with Crippen LogP contribution in [-0.2, 0) is 30.3 Å². The molecule has 3 unspecified atom stereocenters. The highest BCUT2D eigenvalue weighted by molar-refractivity contribution is 8.01. The quantitative estimate of drug-likeness (QED) is 0.0259. The van der Waals surface area contributed by atoms with Crippen molar-refractivity contribution in [3.8, 4) is 0 Å². The van der Waals surface area contributed by atoms with E-state index in [1.54, 1.807) is 42.0 Å². The van der Waals surface area contributed by atoms with Crippen molar-refractivity contribution in [2.75, 3.05) is 88.7 Å². The summed E-state index contributed by atoms with van der Waals surface area (Å²) >= 11 is 14.7. The molecule has 1 aromatic heterocycles. The Morgan fingerprint density at radius 3 is 1.31 bits per heavy atom. The highest BCUT2D eigenvalue weighted by Crippen LogP contribution is 2.32. The van der Waals surface area contributed by atoms with Crippen LogP contribution in [0.4, 0.5) is 0 Å². The molecular weight excluding hydrogens is 1390 g/mol. The summed E-state index contributed by atoms with van der Waals surface area (Å²) in [4.78, 5) is 23.9. The summed E-state index contributed by atoms with van der Waals surface area (Å²) in [5.74, 6) is 17.1. The first-order valence-corrected chi connectivity index (χ1v) is 48.2. The molecule has 0 spiro atoms. The lowest BCUT2D eigenvalue weighted by atomic mass is 9.84. The van der Waals surface area contributed by atoms with Gasteiger partial charge in [0.2, 0.25) is 0 Å². The van der Waals surface area contributed by atoms with Crippen molar-refractivity contribution in [1.29, 1.82) is 0 Å². The molecule has 1 fully saturated rings. The molecule has 2 heterocycles. The van der Waals surface area contributed by atoms with Gasteiger partial charge in [-0.15, -0.1) is 23.5 Å². The van der Waals surface area contributed by atoms with Gasteiger partial charge < -0.3 is 4.74 Å². The molecule has 0 aliphatic carbocycles. The highest BCUT2D eigenvalue weighted by atomic mass is 32.2. The van der Waals surface area contributed by atoms with Crippen molar-refractivity contribution < 1.29 is 18.5 Å². The van der Waals surface area contributed by atoms with Crippen LogP contribution in [0.15, 0.2) is 81.9 Å². The molecule has 0 amide bonds. The first-order valence-electron chi connectivity index (χ1n) is 36.9. The number of ketones is 1. The number of benzene rings is 2. The number of aryl methyl sites for hydroxylation is 1. The first kappa shape index (κ1) is 112. The molecule has 0 saturated carbocycles. The molecule has 2 aromatic carbocycles. The molecule has 1 saturated heterocycles. The fourth-order valence-electron chi connectivity index (χ4n) is 9.14. The van der Waals surface area contributed by atoms with Gasteiger partial charge in [0.1, 0.15) is 5.78 Å². The Hall–Kier alpha value is -0.320.